The highest BCUT2D eigenvalue weighted by Crippen LogP contribution is 2.13. The molecule has 0 saturated heterocycles. The number of amides is 1. The number of carbonyl (C=O) groups excluding carboxylic acids is 1. The van der Waals surface area contributed by atoms with Gasteiger partial charge in [-0.05, 0) is 18.6 Å². The van der Waals surface area contributed by atoms with Gasteiger partial charge in [-0.25, -0.2) is 17.7 Å². The second-order valence-corrected chi connectivity index (χ2v) is 6.32. The fourth-order valence-corrected chi connectivity index (χ4v) is 2.17. The van der Waals surface area contributed by atoms with Crippen molar-refractivity contribution < 1.29 is 13.2 Å². The van der Waals surface area contributed by atoms with Crippen molar-refractivity contribution in [3.63, 3.8) is 0 Å². The van der Waals surface area contributed by atoms with Gasteiger partial charge < -0.3 is 11.1 Å². The van der Waals surface area contributed by atoms with Crippen LogP contribution >= 0.6 is 0 Å². The number of anilines is 1. The largest absolute Gasteiger partial charge is 0.370 e. The van der Waals surface area contributed by atoms with Gasteiger partial charge in [0.05, 0.1) is 0 Å². The van der Waals surface area contributed by atoms with Crippen LogP contribution < -0.4 is 11.1 Å². The molecule has 0 atom stereocenters. The Morgan fingerprint density at radius 2 is 2.11 bits per heavy atom. The minimum Gasteiger partial charge on any atom is -0.370 e. The normalized spacial score (nSPS) is 11.5. The molecular formula is C11H18N4O3S. The zero-order valence-electron chi connectivity index (χ0n) is 11.0. The van der Waals surface area contributed by atoms with Crippen LogP contribution in [0.25, 0.3) is 0 Å². The first-order valence-corrected chi connectivity index (χ1v) is 7.19. The Kier molecular flexibility index (Phi) is 5.25. The summed E-state index contributed by atoms with van der Waals surface area (Å²) in [6.45, 7) is 0.551. The summed E-state index contributed by atoms with van der Waals surface area (Å²) in [6.07, 6.45) is 2.21. The van der Waals surface area contributed by atoms with Crippen molar-refractivity contribution in [2.75, 3.05) is 26.0 Å². The SMILES string of the molecule is CN(C)S(=O)(=O)c1ccc(NCCCC(N)=O)nc1. The molecule has 8 heteroatoms. The van der Waals surface area contributed by atoms with E-state index in [1.54, 1.807) is 6.07 Å². The number of aromatic nitrogens is 1. The zero-order chi connectivity index (χ0) is 14.5. The van der Waals surface area contributed by atoms with E-state index >= 15 is 0 Å². The Morgan fingerprint density at radius 1 is 1.42 bits per heavy atom. The van der Waals surface area contributed by atoms with E-state index in [1.807, 2.05) is 0 Å². The first-order valence-electron chi connectivity index (χ1n) is 5.75. The van der Waals surface area contributed by atoms with Crippen LogP contribution in [0.4, 0.5) is 5.82 Å². The number of nitrogens with one attached hydrogen (secondary N) is 1. The molecule has 0 spiro atoms. The molecule has 19 heavy (non-hydrogen) atoms. The lowest BCUT2D eigenvalue weighted by Crippen LogP contribution is -2.22. The van der Waals surface area contributed by atoms with Gasteiger partial charge >= 0.3 is 0 Å². The van der Waals surface area contributed by atoms with Crippen molar-refractivity contribution in [1.82, 2.24) is 9.29 Å². The summed E-state index contributed by atoms with van der Waals surface area (Å²) in [4.78, 5) is 14.7. The van der Waals surface area contributed by atoms with Crippen molar-refractivity contribution in [3.8, 4) is 0 Å². The van der Waals surface area contributed by atoms with Gasteiger partial charge in [-0.2, -0.15) is 0 Å². The van der Waals surface area contributed by atoms with E-state index < -0.39 is 10.0 Å². The van der Waals surface area contributed by atoms with Crippen LogP contribution in [0.2, 0.25) is 0 Å². The van der Waals surface area contributed by atoms with Gasteiger partial charge in [0.15, 0.2) is 0 Å². The molecule has 1 aromatic rings. The molecule has 3 N–H and O–H groups in total. The molecule has 1 heterocycles. The molecule has 7 nitrogen and oxygen atoms in total. The third-order valence-corrected chi connectivity index (χ3v) is 4.22. The Bertz CT molecular complexity index is 525. The highest BCUT2D eigenvalue weighted by Gasteiger charge is 2.17. The highest BCUT2D eigenvalue weighted by molar-refractivity contribution is 7.89. The lowest BCUT2D eigenvalue weighted by Gasteiger charge is -2.11. The highest BCUT2D eigenvalue weighted by atomic mass is 32.2. The summed E-state index contributed by atoms with van der Waals surface area (Å²) in [6, 6.07) is 3.07. The van der Waals surface area contributed by atoms with Crippen LogP contribution in [0.3, 0.4) is 0 Å². The van der Waals surface area contributed by atoms with E-state index in [0.717, 1.165) is 4.31 Å². The van der Waals surface area contributed by atoms with Crippen LogP contribution in [0.1, 0.15) is 12.8 Å². The number of sulfonamides is 1. The molecule has 0 bridgehead atoms. The number of pyridine rings is 1. The maximum absolute atomic E-state index is 11.8. The third kappa shape index (κ3) is 4.49. The number of carbonyl (C=O) groups is 1. The maximum atomic E-state index is 11.8. The fraction of sp³-hybridized carbons (Fsp3) is 0.455. The van der Waals surface area contributed by atoms with Gasteiger partial charge in [0.1, 0.15) is 10.7 Å². The van der Waals surface area contributed by atoms with E-state index in [2.05, 4.69) is 10.3 Å². The second kappa shape index (κ2) is 6.48. The van der Waals surface area contributed by atoms with Gasteiger partial charge in [-0.3, -0.25) is 4.79 Å². The summed E-state index contributed by atoms with van der Waals surface area (Å²) >= 11 is 0. The molecule has 0 aliphatic carbocycles. The van der Waals surface area contributed by atoms with E-state index in [0.29, 0.717) is 25.2 Å². The first kappa shape index (κ1) is 15.4. The van der Waals surface area contributed by atoms with Crippen molar-refractivity contribution in [1.29, 1.82) is 0 Å². The molecule has 0 unspecified atom stereocenters. The molecule has 0 aromatic carbocycles. The van der Waals surface area contributed by atoms with E-state index in [1.165, 1.54) is 26.4 Å². The standard InChI is InChI=1S/C11H18N4O3S/c1-15(2)19(17,18)9-5-6-11(14-8-9)13-7-3-4-10(12)16/h5-6,8H,3-4,7H2,1-2H3,(H2,12,16)(H,13,14). The van der Waals surface area contributed by atoms with Gasteiger partial charge in [0, 0.05) is 33.3 Å². The Morgan fingerprint density at radius 3 is 2.58 bits per heavy atom. The Balaban J connectivity index is 2.60. The minimum atomic E-state index is -3.45. The predicted octanol–water partition coefficient (Wildman–Crippen LogP) is 0.00930. The Labute approximate surface area is 112 Å². The summed E-state index contributed by atoms with van der Waals surface area (Å²) in [5.74, 6) is 0.212. The number of primary amides is 1. The van der Waals surface area contributed by atoms with Crippen LogP contribution in [0.5, 0.6) is 0 Å². The average molecular weight is 286 g/mol. The van der Waals surface area contributed by atoms with Crippen molar-refractivity contribution in [2.45, 2.75) is 17.7 Å². The number of nitrogens with zero attached hydrogens (tertiary/aromatic N) is 2. The lowest BCUT2D eigenvalue weighted by atomic mass is 10.3. The van der Waals surface area contributed by atoms with Crippen LogP contribution in [0.15, 0.2) is 23.2 Å². The monoisotopic (exact) mass is 286 g/mol. The third-order valence-electron chi connectivity index (χ3n) is 2.42. The van der Waals surface area contributed by atoms with Crippen molar-refractivity contribution >= 4 is 21.7 Å². The van der Waals surface area contributed by atoms with Crippen LogP contribution in [-0.4, -0.2) is 44.3 Å². The van der Waals surface area contributed by atoms with Gasteiger partial charge in [-0.15, -0.1) is 0 Å². The molecule has 1 aromatic heterocycles. The zero-order valence-corrected chi connectivity index (χ0v) is 11.8. The van der Waals surface area contributed by atoms with Crippen LogP contribution in [-0.2, 0) is 14.8 Å². The van der Waals surface area contributed by atoms with Gasteiger partial charge in [0.25, 0.3) is 0 Å². The van der Waals surface area contributed by atoms with Crippen molar-refractivity contribution in [2.24, 2.45) is 5.73 Å². The van der Waals surface area contributed by atoms with Gasteiger partial charge in [0.2, 0.25) is 15.9 Å². The Hall–Kier alpha value is -1.67. The van der Waals surface area contributed by atoms with E-state index in [-0.39, 0.29) is 10.8 Å². The molecule has 106 valence electrons. The summed E-state index contributed by atoms with van der Waals surface area (Å²) in [5, 5.41) is 2.98. The summed E-state index contributed by atoms with van der Waals surface area (Å²) in [5.41, 5.74) is 5.01. The second-order valence-electron chi connectivity index (χ2n) is 4.16. The molecule has 0 fully saturated rings. The fourth-order valence-electron chi connectivity index (χ4n) is 1.33. The predicted molar refractivity (Wildman–Crippen MR) is 72.0 cm³/mol. The number of rotatable bonds is 7. The molecule has 0 aliphatic heterocycles. The average Bonchev–Trinajstić information content (AvgIpc) is 2.35. The number of hydrogen-bond donors (Lipinski definition) is 2. The number of hydrogen-bond acceptors (Lipinski definition) is 5. The molecule has 0 saturated carbocycles. The molecule has 0 aliphatic rings. The summed E-state index contributed by atoms with van der Waals surface area (Å²) < 4.78 is 24.7. The van der Waals surface area contributed by atoms with Gasteiger partial charge in [-0.1, -0.05) is 0 Å². The van der Waals surface area contributed by atoms with Crippen molar-refractivity contribution in [3.05, 3.63) is 18.3 Å². The smallest absolute Gasteiger partial charge is 0.244 e. The van der Waals surface area contributed by atoms with Crippen LogP contribution in [0, 0.1) is 0 Å². The molecule has 1 amide bonds. The van der Waals surface area contributed by atoms with E-state index in [4.69, 9.17) is 5.73 Å². The topological polar surface area (TPSA) is 105 Å². The molecule has 0 radical (unpaired) electrons. The number of nitrogens with two attached hydrogens (primary N) is 1. The quantitative estimate of drug-likeness (QED) is 0.687. The first-order chi connectivity index (χ1) is 8.84. The lowest BCUT2D eigenvalue weighted by molar-refractivity contribution is -0.118. The summed E-state index contributed by atoms with van der Waals surface area (Å²) in [7, 11) is -0.521. The minimum absolute atomic E-state index is 0.139. The molecular weight excluding hydrogens is 268 g/mol. The maximum Gasteiger partial charge on any atom is 0.244 e. The molecule has 1 rings (SSSR count). The van der Waals surface area contributed by atoms with E-state index in [9.17, 15) is 13.2 Å².